The Morgan fingerprint density at radius 3 is 2.56 bits per heavy atom. The molecule has 0 aliphatic rings. The Kier molecular flexibility index (Phi) is 4.29. The molecule has 1 aromatic carbocycles. The van der Waals surface area contributed by atoms with Gasteiger partial charge in [0.15, 0.2) is 0 Å². The molecule has 49 valence electrons. The first-order valence-corrected chi connectivity index (χ1v) is 2.45. The van der Waals surface area contributed by atoms with Crippen molar-refractivity contribution in [1.82, 2.24) is 0 Å². The third-order valence-corrected chi connectivity index (χ3v) is 0.913. The van der Waals surface area contributed by atoms with Crippen molar-refractivity contribution in [3.05, 3.63) is 42.5 Å². The summed E-state index contributed by atoms with van der Waals surface area (Å²) in [6, 6.07) is 10.5. The van der Waals surface area contributed by atoms with E-state index in [1.807, 2.05) is 24.3 Å². The molecule has 0 heterocycles. The fourth-order valence-corrected chi connectivity index (χ4v) is 0.511. The summed E-state index contributed by atoms with van der Waals surface area (Å²) in [5.74, 6) is 0. The van der Waals surface area contributed by atoms with Crippen molar-refractivity contribution in [3.63, 3.8) is 0 Å². The second-order valence-corrected chi connectivity index (χ2v) is 1.48. The van der Waals surface area contributed by atoms with Gasteiger partial charge in [-0.05, 0) is 0 Å². The van der Waals surface area contributed by atoms with Gasteiger partial charge in [-0.25, -0.2) is 12.1 Å². The van der Waals surface area contributed by atoms with Crippen LogP contribution in [0.25, 0.3) is 6.08 Å². The standard InChI is InChI=1S/C8H6.Ir/c1-2-8-6-4-3-5-7-8;/h1-6H;/q-2;. The average molecular weight is 294 g/mol. The molecule has 0 aromatic heterocycles. The molecule has 0 atom stereocenters. The minimum atomic E-state index is 0. The maximum absolute atomic E-state index is 5.19. The molecule has 0 saturated carbocycles. The maximum atomic E-state index is 5.19. The Balaban J connectivity index is 0.000000640. The SMILES string of the molecule is [CH-]=Cc1[c-]cccc1.[Ir]. The Labute approximate surface area is 68.9 Å². The zero-order valence-electron chi connectivity index (χ0n) is 4.80. The van der Waals surface area contributed by atoms with Crippen molar-refractivity contribution in [1.29, 1.82) is 0 Å². The molecule has 0 saturated heterocycles. The minimum absolute atomic E-state index is 0. The molecule has 1 rings (SSSR count). The molecular formula is C8H6Ir-2. The summed E-state index contributed by atoms with van der Waals surface area (Å²) >= 11 is 0. The molecule has 1 radical (unpaired) electrons. The van der Waals surface area contributed by atoms with Crippen LogP contribution >= 0.6 is 0 Å². The molecule has 0 aliphatic carbocycles. The third-order valence-electron chi connectivity index (χ3n) is 0.913. The second-order valence-electron chi connectivity index (χ2n) is 1.48. The van der Waals surface area contributed by atoms with Crippen molar-refractivity contribution >= 4 is 6.08 Å². The van der Waals surface area contributed by atoms with E-state index in [0.717, 1.165) is 5.56 Å². The number of rotatable bonds is 1. The van der Waals surface area contributed by atoms with Gasteiger partial charge in [0.25, 0.3) is 0 Å². The van der Waals surface area contributed by atoms with Gasteiger partial charge in [0.1, 0.15) is 0 Å². The van der Waals surface area contributed by atoms with Crippen LogP contribution in [0.2, 0.25) is 0 Å². The van der Waals surface area contributed by atoms with Gasteiger partial charge in [0, 0.05) is 20.1 Å². The molecule has 9 heavy (non-hydrogen) atoms. The fourth-order valence-electron chi connectivity index (χ4n) is 0.511. The molecule has 0 N–H and O–H groups in total. The van der Waals surface area contributed by atoms with Crippen LogP contribution < -0.4 is 0 Å². The topological polar surface area (TPSA) is 0 Å². The van der Waals surface area contributed by atoms with Gasteiger partial charge in [-0.3, -0.25) is 0 Å². The van der Waals surface area contributed by atoms with Crippen LogP contribution in [0.15, 0.2) is 24.3 Å². The summed E-state index contributed by atoms with van der Waals surface area (Å²) in [6.45, 7) is 5.19. The number of hydrogen-bond acceptors (Lipinski definition) is 0. The fraction of sp³-hybridized carbons (Fsp3) is 0. The van der Waals surface area contributed by atoms with Crippen molar-refractivity contribution in [3.8, 4) is 0 Å². The Morgan fingerprint density at radius 1 is 1.44 bits per heavy atom. The molecule has 0 amide bonds. The second kappa shape index (κ2) is 4.48. The van der Waals surface area contributed by atoms with E-state index in [-0.39, 0.29) is 20.1 Å². The van der Waals surface area contributed by atoms with E-state index in [1.165, 1.54) is 6.08 Å². The molecule has 0 spiro atoms. The van der Waals surface area contributed by atoms with E-state index in [4.69, 9.17) is 6.58 Å². The molecule has 0 aliphatic heterocycles. The zero-order valence-corrected chi connectivity index (χ0v) is 7.19. The molecule has 0 nitrogen and oxygen atoms in total. The molecule has 1 heteroatoms. The zero-order chi connectivity index (χ0) is 5.82. The third kappa shape index (κ3) is 2.59. The van der Waals surface area contributed by atoms with Crippen LogP contribution in [0.3, 0.4) is 0 Å². The first-order valence-electron chi connectivity index (χ1n) is 2.45. The van der Waals surface area contributed by atoms with Crippen LogP contribution in [0.1, 0.15) is 5.56 Å². The van der Waals surface area contributed by atoms with E-state index >= 15 is 0 Å². The van der Waals surface area contributed by atoms with Crippen LogP contribution in [-0.4, -0.2) is 0 Å². The molecule has 0 bridgehead atoms. The normalized spacial score (nSPS) is 7.56. The Hall–Kier alpha value is -0.391. The van der Waals surface area contributed by atoms with E-state index in [2.05, 4.69) is 6.07 Å². The predicted molar refractivity (Wildman–Crippen MR) is 34.0 cm³/mol. The summed E-state index contributed by atoms with van der Waals surface area (Å²) in [5.41, 5.74) is 0.938. The van der Waals surface area contributed by atoms with Gasteiger partial charge in [0.05, 0.1) is 0 Å². The summed E-state index contributed by atoms with van der Waals surface area (Å²) in [6.07, 6.45) is 1.53. The van der Waals surface area contributed by atoms with Gasteiger partial charge in [-0.15, -0.1) is 6.07 Å². The molecule has 1 aromatic rings. The van der Waals surface area contributed by atoms with Gasteiger partial charge in [-0.1, -0.05) is 0 Å². The average Bonchev–Trinajstić information content (AvgIpc) is 1.90. The quantitative estimate of drug-likeness (QED) is 0.694. The smallest absolute Gasteiger partial charge is 0 e. The first-order chi connectivity index (χ1) is 3.93. The van der Waals surface area contributed by atoms with E-state index in [1.54, 1.807) is 0 Å². The van der Waals surface area contributed by atoms with E-state index < -0.39 is 0 Å². The number of benzene rings is 1. The van der Waals surface area contributed by atoms with Crippen LogP contribution in [0, 0.1) is 12.6 Å². The van der Waals surface area contributed by atoms with Crippen LogP contribution in [0.4, 0.5) is 0 Å². The molecule has 0 unspecified atom stereocenters. The van der Waals surface area contributed by atoms with E-state index in [0.29, 0.717) is 0 Å². The summed E-state index contributed by atoms with van der Waals surface area (Å²) in [5, 5.41) is 0. The van der Waals surface area contributed by atoms with Gasteiger partial charge in [0.2, 0.25) is 0 Å². The van der Waals surface area contributed by atoms with Crippen molar-refractivity contribution < 1.29 is 20.1 Å². The summed E-state index contributed by atoms with van der Waals surface area (Å²) < 4.78 is 0. The maximum Gasteiger partial charge on any atom is 0 e. The van der Waals surface area contributed by atoms with Crippen molar-refractivity contribution in [2.45, 2.75) is 0 Å². The van der Waals surface area contributed by atoms with Crippen LogP contribution in [-0.2, 0) is 20.1 Å². The summed E-state index contributed by atoms with van der Waals surface area (Å²) in [7, 11) is 0. The van der Waals surface area contributed by atoms with Gasteiger partial charge in [-0.2, -0.15) is 12.1 Å². The predicted octanol–water partition coefficient (Wildman–Crippen LogP) is 1.93. The van der Waals surface area contributed by atoms with Crippen LogP contribution in [0.5, 0.6) is 0 Å². The van der Waals surface area contributed by atoms with E-state index in [9.17, 15) is 0 Å². The van der Waals surface area contributed by atoms with Gasteiger partial charge >= 0.3 is 0 Å². The Morgan fingerprint density at radius 2 is 2.22 bits per heavy atom. The molecule has 0 fully saturated rings. The van der Waals surface area contributed by atoms with Crippen molar-refractivity contribution in [2.75, 3.05) is 0 Å². The minimum Gasteiger partial charge on any atom is -0.344 e. The van der Waals surface area contributed by atoms with Crippen molar-refractivity contribution in [2.24, 2.45) is 0 Å². The summed E-state index contributed by atoms with van der Waals surface area (Å²) in [4.78, 5) is 0. The first kappa shape index (κ1) is 8.61. The largest absolute Gasteiger partial charge is 0.344 e. The molecular weight excluding hydrogens is 288 g/mol. The number of hydrogen-bond donors (Lipinski definition) is 0. The Bertz CT molecular complexity index is 167. The monoisotopic (exact) mass is 295 g/mol. The van der Waals surface area contributed by atoms with Gasteiger partial charge < -0.3 is 18.2 Å².